The van der Waals surface area contributed by atoms with E-state index < -0.39 is 15.6 Å². The molecular formula is C16H18N4O4S. The summed E-state index contributed by atoms with van der Waals surface area (Å²) in [5, 5.41) is 7.68. The molecule has 1 aromatic carbocycles. The van der Waals surface area contributed by atoms with Gasteiger partial charge in [-0.2, -0.15) is 4.98 Å². The molecule has 0 atom stereocenters. The predicted octanol–water partition coefficient (Wildman–Crippen LogP) is 2.39. The lowest BCUT2D eigenvalue weighted by Crippen LogP contribution is -2.40. The molecule has 0 aliphatic rings. The van der Waals surface area contributed by atoms with Crippen LogP contribution in [0.4, 0.5) is 0 Å². The fourth-order valence-electron chi connectivity index (χ4n) is 2.19. The van der Waals surface area contributed by atoms with E-state index >= 15 is 0 Å². The summed E-state index contributed by atoms with van der Waals surface area (Å²) < 4.78 is 37.5. The van der Waals surface area contributed by atoms with Crippen LogP contribution in [0.3, 0.4) is 0 Å². The van der Waals surface area contributed by atoms with E-state index in [1.807, 2.05) is 0 Å². The summed E-state index contributed by atoms with van der Waals surface area (Å²) in [7, 11) is -3.64. The zero-order chi connectivity index (χ0) is 18.1. The molecule has 0 aliphatic carbocycles. The van der Waals surface area contributed by atoms with Crippen LogP contribution in [0, 0.1) is 0 Å². The Hall–Kier alpha value is -2.52. The van der Waals surface area contributed by atoms with Crippen LogP contribution < -0.4 is 4.72 Å². The maximum Gasteiger partial charge on any atom is 0.257 e. The Morgan fingerprint density at radius 3 is 2.64 bits per heavy atom. The fraction of sp³-hybridized carbons (Fsp3) is 0.312. The zero-order valence-corrected chi connectivity index (χ0v) is 14.9. The van der Waals surface area contributed by atoms with Crippen molar-refractivity contribution in [3.8, 4) is 11.5 Å². The van der Waals surface area contributed by atoms with Crippen LogP contribution in [0.2, 0.25) is 0 Å². The topological polar surface area (TPSA) is 111 Å². The summed E-state index contributed by atoms with van der Waals surface area (Å²) in [5.74, 6) is 0.677. The van der Waals surface area contributed by atoms with Gasteiger partial charge >= 0.3 is 0 Å². The maximum atomic E-state index is 12.5. The van der Waals surface area contributed by atoms with Crippen molar-refractivity contribution < 1.29 is 17.5 Å². The fourth-order valence-corrected chi connectivity index (χ4v) is 3.66. The highest BCUT2D eigenvalue weighted by Crippen LogP contribution is 2.22. The second-order valence-corrected chi connectivity index (χ2v) is 8.25. The summed E-state index contributed by atoms with van der Waals surface area (Å²) in [6.45, 7) is 5.34. The molecule has 0 amide bonds. The van der Waals surface area contributed by atoms with Gasteiger partial charge in [0.25, 0.3) is 5.89 Å². The summed E-state index contributed by atoms with van der Waals surface area (Å²) in [4.78, 5) is 4.41. The Morgan fingerprint density at radius 2 is 1.96 bits per heavy atom. The smallest absolute Gasteiger partial charge is 0.257 e. The second kappa shape index (κ2) is 6.41. The van der Waals surface area contributed by atoms with Gasteiger partial charge in [-0.3, -0.25) is 0 Å². The molecule has 8 nitrogen and oxygen atoms in total. The van der Waals surface area contributed by atoms with Crippen LogP contribution in [0.5, 0.6) is 0 Å². The lowest BCUT2D eigenvalue weighted by atomic mass is 10.1. The van der Waals surface area contributed by atoms with Gasteiger partial charge in [-0.15, -0.1) is 0 Å². The number of sulfonamides is 1. The Balaban J connectivity index is 1.86. The number of rotatable bonds is 5. The first kappa shape index (κ1) is 17.3. The molecule has 9 heteroatoms. The molecule has 132 valence electrons. The van der Waals surface area contributed by atoms with Gasteiger partial charge in [-0.1, -0.05) is 16.4 Å². The molecular weight excluding hydrogens is 344 g/mol. The van der Waals surface area contributed by atoms with Gasteiger partial charge in [0.1, 0.15) is 6.26 Å². The van der Waals surface area contributed by atoms with E-state index in [0.717, 1.165) is 0 Å². The number of benzene rings is 1. The van der Waals surface area contributed by atoms with E-state index in [-0.39, 0.29) is 10.8 Å². The SMILES string of the molecule is CC(C)(C)NS(=O)(=O)c1cccc(-c2nc(Cc3ccon3)no2)c1. The molecule has 0 fully saturated rings. The minimum absolute atomic E-state index is 0.135. The molecule has 0 unspecified atom stereocenters. The molecule has 25 heavy (non-hydrogen) atoms. The van der Waals surface area contributed by atoms with Crippen molar-refractivity contribution in [1.29, 1.82) is 0 Å². The highest BCUT2D eigenvalue weighted by atomic mass is 32.2. The molecule has 0 aliphatic heterocycles. The van der Waals surface area contributed by atoms with Crippen molar-refractivity contribution in [3.63, 3.8) is 0 Å². The highest BCUT2D eigenvalue weighted by Gasteiger charge is 2.23. The third-order valence-corrected chi connectivity index (χ3v) is 4.89. The molecule has 2 heterocycles. The van der Waals surface area contributed by atoms with Crippen LogP contribution in [0.15, 0.2) is 50.5 Å². The average molecular weight is 362 g/mol. The van der Waals surface area contributed by atoms with E-state index in [4.69, 9.17) is 9.05 Å². The maximum absolute atomic E-state index is 12.5. The minimum Gasteiger partial charge on any atom is -0.364 e. The monoisotopic (exact) mass is 362 g/mol. The Kier molecular flexibility index (Phi) is 4.44. The number of hydrogen-bond donors (Lipinski definition) is 1. The molecule has 0 saturated carbocycles. The Bertz CT molecular complexity index is 956. The number of nitrogens with zero attached hydrogens (tertiary/aromatic N) is 3. The summed E-state index contributed by atoms with van der Waals surface area (Å²) >= 11 is 0. The third-order valence-electron chi connectivity index (χ3n) is 3.13. The van der Waals surface area contributed by atoms with Crippen LogP contribution in [-0.2, 0) is 16.4 Å². The number of nitrogens with one attached hydrogen (secondary N) is 1. The van der Waals surface area contributed by atoms with Crippen molar-refractivity contribution in [3.05, 3.63) is 48.1 Å². The number of aromatic nitrogens is 3. The number of hydrogen-bond acceptors (Lipinski definition) is 7. The van der Waals surface area contributed by atoms with E-state index in [1.54, 1.807) is 39.0 Å². The van der Waals surface area contributed by atoms with Gasteiger partial charge in [-0.05, 0) is 39.0 Å². The van der Waals surface area contributed by atoms with Crippen molar-refractivity contribution >= 4 is 10.0 Å². The Labute approximate surface area is 145 Å². The summed E-state index contributed by atoms with van der Waals surface area (Å²) in [6.07, 6.45) is 1.83. The van der Waals surface area contributed by atoms with Gasteiger partial charge in [0.05, 0.1) is 17.0 Å². The van der Waals surface area contributed by atoms with E-state index in [1.165, 1.54) is 18.4 Å². The van der Waals surface area contributed by atoms with Gasteiger partial charge in [0.15, 0.2) is 5.82 Å². The van der Waals surface area contributed by atoms with Crippen molar-refractivity contribution in [1.82, 2.24) is 20.0 Å². The largest absolute Gasteiger partial charge is 0.364 e. The summed E-state index contributed by atoms with van der Waals surface area (Å²) in [6, 6.07) is 8.07. The van der Waals surface area contributed by atoms with Gasteiger partial charge < -0.3 is 9.05 Å². The van der Waals surface area contributed by atoms with Gasteiger partial charge in [0, 0.05) is 17.2 Å². The molecule has 0 bridgehead atoms. The van der Waals surface area contributed by atoms with Gasteiger partial charge in [0.2, 0.25) is 10.0 Å². The van der Waals surface area contributed by atoms with E-state index in [2.05, 4.69) is 20.0 Å². The lowest BCUT2D eigenvalue weighted by molar-refractivity contribution is 0.408. The van der Waals surface area contributed by atoms with E-state index in [9.17, 15) is 8.42 Å². The lowest BCUT2D eigenvalue weighted by Gasteiger charge is -2.20. The van der Waals surface area contributed by atoms with Crippen LogP contribution in [0.25, 0.3) is 11.5 Å². The van der Waals surface area contributed by atoms with Crippen LogP contribution >= 0.6 is 0 Å². The molecule has 0 radical (unpaired) electrons. The molecule has 2 aromatic heterocycles. The van der Waals surface area contributed by atoms with Crippen molar-refractivity contribution in [2.45, 2.75) is 37.6 Å². The first-order valence-electron chi connectivity index (χ1n) is 7.59. The molecule has 3 rings (SSSR count). The van der Waals surface area contributed by atoms with E-state index in [0.29, 0.717) is 23.5 Å². The predicted molar refractivity (Wildman–Crippen MR) is 89.1 cm³/mol. The minimum atomic E-state index is -3.64. The molecule has 3 aromatic rings. The second-order valence-electron chi connectivity index (χ2n) is 6.57. The third kappa shape index (κ3) is 4.31. The first-order chi connectivity index (χ1) is 11.7. The zero-order valence-electron chi connectivity index (χ0n) is 14.1. The van der Waals surface area contributed by atoms with Crippen molar-refractivity contribution in [2.75, 3.05) is 0 Å². The molecule has 0 saturated heterocycles. The standard InChI is InChI=1S/C16H18N4O4S/c1-16(2,3)20-25(21,22)13-6-4-5-11(9-13)15-17-14(19-24-15)10-12-7-8-23-18-12/h4-9,20H,10H2,1-3H3. The van der Waals surface area contributed by atoms with Crippen molar-refractivity contribution in [2.24, 2.45) is 0 Å². The Morgan fingerprint density at radius 1 is 1.16 bits per heavy atom. The van der Waals surface area contributed by atoms with Crippen LogP contribution in [0.1, 0.15) is 32.3 Å². The van der Waals surface area contributed by atoms with Crippen LogP contribution in [-0.4, -0.2) is 29.3 Å². The first-order valence-corrected chi connectivity index (χ1v) is 9.07. The highest BCUT2D eigenvalue weighted by molar-refractivity contribution is 7.89. The van der Waals surface area contributed by atoms with Gasteiger partial charge in [-0.25, -0.2) is 13.1 Å². The summed E-state index contributed by atoms with van der Waals surface area (Å²) in [5.41, 5.74) is 0.623. The molecule has 0 spiro atoms. The average Bonchev–Trinajstić information content (AvgIpc) is 3.17. The normalized spacial score (nSPS) is 12.4. The quantitative estimate of drug-likeness (QED) is 0.741. The molecule has 1 N–H and O–H groups in total.